The number of benzene rings is 2. The van der Waals surface area contributed by atoms with Crippen LogP contribution in [0.25, 0.3) is 20.8 Å². The van der Waals surface area contributed by atoms with Crippen molar-refractivity contribution in [3.63, 3.8) is 0 Å². The molecule has 1 atom stereocenters. The summed E-state index contributed by atoms with van der Waals surface area (Å²) in [7, 11) is 2.22. The summed E-state index contributed by atoms with van der Waals surface area (Å²) in [5.41, 5.74) is 3.01. The monoisotopic (exact) mass is 395 g/mol. The summed E-state index contributed by atoms with van der Waals surface area (Å²) in [6.45, 7) is 4.53. The number of aromatic nitrogens is 1. The van der Waals surface area contributed by atoms with Crippen molar-refractivity contribution in [3.05, 3.63) is 42.0 Å². The Morgan fingerprint density at radius 1 is 1.25 bits per heavy atom. The molecule has 0 aliphatic carbocycles. The van der Waals surface area contributed by atoms with Gasteiger partial charge in [-0.3, -0.25) is 4.90 Å². The van der Waals surface area contributed by atoms with Crippen LogP contribution >= 0.6 is 11.3 Å². The average Bonchev–Trinajstić information content (AvgIpc) is 3.23. The number of hydrogen-bond donors (Lipinski definition) is 1. The molecule has 1 aromatic heterocycles. The number of likely N-dealkylation sites (tertiary alicyclic amines) is 1. The molecule has 1 saturated heterocycles. The van der Waals surface area contributed by atoms with Gasteiger partial charge in [-0.2, -0.15) is 0 Å². The van der Waals surface area contributed by atoms with Crippen LogP contribution in [0.1, 0.15) is 18.4 Å². The molecule has 0 amide bonds. The Morgan fingerprint density at radius 3 is 2.96 bits per heavy atom. The Labute approximate surface area is 169 Å². The third kappa shape index (κ3) is 3.36. The molecule has 3 aromatic rings. The maximum atomic E-state index is 10.6. The fourth-order valence-electron chi connectivity index (χ4n) is 4.34. The molecule has 3 heterocycles. The van der Waals surface area contributed by atoms with Crippen molar-refractivity contribution in [1.29, 1.82) is 0 Å². The van der Waals surface area contributed by atoms with Crippen LogP contribution in [0.3, 0.4) is 0 Å². The van der Waals surface area contributed by atoms with Gasteiger partial charge in [-0.05, 0) is 50.7 Å². The van der Waals surface area contributed by atoms with Crippen LogP contribution in [0.4, 0.5) is 0 Å². The van der Waals surface area contributed by atoms with E-state index in [1.165, 1.54) is 19.4 Å². The highest BCUT2D eigenvalue weighted by molar-refractivity contribution is 7.21. The van der Waals surface area contributed by atoms with Crippen LogP contribution in [0.15, 0.2) is 36.4 Å². The normalized spacial score (nSPS) is 20.8. The molecule has 28 heavy (non-hydrogen) atoms. The smallest absolute Gasteiger partial charge is 0.165 e. The number of ether oxygens (including phenoxy) is 1. The number of nitrogens with zero attached hydrogens (tertiary/aromatic N) is 3. The summed E-state index contributed by atoms with van der Waals surface area (Å²) >= 11 is 1.66. The van der Waals surface area contributed by atoms with Gasteiger partial charge in [0.25, 0.3) is 0 Å². The SMILES string of the molecule is CN1CCCC1CN1CCOc2c(O)cc(-c3nc4ccccc4s3)cc2C1. The van der Waals surface area contributed by atoms with E-state index in [0.717, 1.165) is 46.0 Å². The van der Waals surface area contributed by atoms with Crippen molar-refractivity contribution in [2.75, 3.05) is 33.3 Å². The molecule has 5 nitrogen and oxygen atoms in total. The first kappa shape index (κ1) is 17.9. The molecule has 1 N–H and O–H groups in total. The number of thiazole rings is 1. The predicted molar refractivity (Wildman–Crippen MR) is 113 cm³/mol. The van der Waals surface area contributed by atoms with E-state index >= 15 is 0 Å². The topological polar surface area (TPSA) is 48.8 Å². The van der Waals surface area contributed by atoms with Crippen molar-refractivity contribution in [3.8, 4) is 22.1 Å². The molecular weight excluding hydrogens is 370 g/mol. The Hall–Kier alpha value is -2.15. The third-order valence-corrected chi connectivity index (χ3v) is 6.96. The average molecular weight is 396 g/mol. The standard InChI is InChI=1S/C22H25N3O2S/c1-24-8-4-5-17(24)14-25-9-10-27-21-16(13-25)11-15(12-19(21)26)22-23-18-6-2-3-7-20(18)28-22/h2-3,6-7,11-12,17,26H,4-5,8-10,13-14H2,1H3. The number of rotatable bonds is 3. The highest BCUT2D eigenvalue weighted by Crippen LogP contribution is 2.39. The van der Waals surface area contributed by atoms with E-state index in [1.54, 1.807) is 17.4 Å². The van der Waals surface area contributed by atoms with Gasteiger partial charge in [0.1, 0.15) is 11.6 Å². The van der Waals surface area contributed by atoms with E-state index in [2.05, 4.69) is 29.0 Å². The van der Waals surface area contributed by atoms with E-state index in [-0.39, 0.29) is 5.75 Å². The molecule has 0 saturated carbocycles. The maximum absolute atomic E-state index is 10.6. The van der Waals surface area contributed by atoms with Crippen LogP contribution in [0.2, 0.25) is 0 Å². The summed E-state index contributed by atoms with van der Waals surface area (Å²) in [5.74, 6) is 0.846. The molecule has 2 aromatic carbocycles. The molecular formula is C22H25N3O2S. The lowest BCUT2D eigenvalue weighted by Gasteiger charge is -2.27. The summed E-state index contributed by atoms with van der Waals surface area (Å²) in [6.07, 6.45) is 2.54. The molecule has 1 fully saturated rings. The van der Waals surface area contributed by atoms with Gasteiger partial charge in [0.2, 0.25) is 0 Å². The molecule has 2 aliphatic rings. The molecule has 0 bridgehead atoms. The number of aromatic hydroxyl groups is 1. The van der Waals surface area contributed by atoms with E-state index in [4.69, 9.17) is 9.72 Å². The van der Waals surface area contributed by atoms with E-state index < -0.39 is 0 Å². The van der Waals surface area contributed by atoms with Gasteiger partial charge in [-0.15, -0.1) is 11.3 Å². The number of phenols is 1. The Bertz CT molecular complexity index is 970. The lowest BCUT2D eigenvalue weighted by atomic mass is 10.1. The largest absolute Gasteiger partial charge is 0.504 e. The molecule has 0 spiro atoms. The maximum Gasteiger partial charge on any atom is 0.165 e. The summed E-state index contributed by atoms with van der Waals surface area (Å²) in [4.78, 5) is 9.67. The van der Waals surface area contributed by atoms with Gasteiger partial charge in [0.05, 0.1) is 10.2 Å². The van der Waals surface area contributed by atoms with Crippen molar-refractivity contribution >= 4 is 21.6 Å². The zero-order valence-corrected chi connectivity index (χ0v) is 16.9. The van der Waals surface area contributed by atoms with Crippen molar-refractivity contribution < 1.29 is 9.84 Å². The van der Waals surface area contributed by atoms with E-state index in [9.17, 15) is 5.11 Å². The van der Waals surface area contributed by atoms with E-state index in [1.807, 2.05) is 18.2 Å². The van der Waals surface area contributed by atoms with Gasteiger partial charge in [0, 0.05) is 36.8 Å². The molecule has 1 unspecified atom stereocenters. The van der Waals surface area contributed by atoms with Gasteiger partial charge >= 0.3 is 0 Å². The van der Waals surface area contributed by atoms with Crippen molar-refractivity contribution in [1.82, 2.24) is 14.8 Å². The Kier molecular flexibility index (Phi) is 4.70. The van der Waals surface area contributed by atoms with Crippen LogP contribution in [0, 0.1) is 0 Å². The Balaban J connectivity index is 1.45. The van der Waals surface area contributed by atoms with Crippen molar-refractivity contribution in [2.24, 2.45) is 0 Å². The van der Waals surface area contributed by atoms with Gasteiger partial charge < -0.3 is 14.7 Å². The molecule has 146 valence electrons. The fourth-order valence-corrected chi connectivity index (χ4v) is 5.29. The lowest BCUT2D eigenvalue weighted by Crippen LogP contribution is -2.39. The second-order valence-corrected chi connectivity index (χ2v) is 8.86. The zero-order chi connectivity index (χ0) is 19.1. The molecule has 5 rings (SSSR count). The van der Waals surface area contributed by atoms with Crippen molar-refractivity contribution in [2.45, 2.75) is 25.4 Å². The Morgan fingerprint density at radius 2 is 2.14 bits per heavy atom. The minimum Gasteiger partial charge on any atom is -0.504 e. The predicted octanol–water partition coefficient (Wildman–Crippen LogP) is 3.96. The van der Waals surface area contributed by atoms with E-state index in [0.29, 0.717) is 18.4 Å². The number of para-hydroxylation sites is 1. The number of fused-ring (bicyclic) bond motifs is 2. The zero-order valence-electron chi connectivity index (χ0n) is 16.1. The molecule has 6 heteroatoms. The summed E-state index contributed by atoms with van der Waals surface area (Å²) in [6, 6.07) is 12.7. The second kappa shape index (κ2) is 7.35. The quantitative estimate of drug-likeness (QED) is 0.728. The minimum absolute atomic E-state index is 0.214. The summed E-state index contributed by atoms with van der Waals surface area (Å²) in [5, 5.41) is 11.6. The lowest BCUT2D eigenvalue weighted by molar-refractivity contribution is 0.172. The van der Waals surface area contributed by atoms with Crippen LogP contribution in [-0.4, -0.2) is 59.2 Å². The van der Waals surface area contributed by atoms with Gasteiger partial charge in [0.15, 0.2) is 11.5 Å². The van der Waals surface area contributed by atoms with Crippen LogP contribution < -0.4 is 4.74 Å². The van der Waals surface area contributed by atoms with Crippen LogP contribution in [-0.2, 0) is 6.54 Å². The first-order valence-electron chi connectivity index (χ1n) is 9.94. The molecule has 0 radical (unpaired) electrons. The third-order valence-electron chi connectivity index (χ3n) is 5.88. The molecule has 2 aliphatic heterocycles. The number of likely N-dealkylation sites (N-methyl/N-ethyl adjacent to an activating group) is 1. The number of hydrogen-bond acceptors (Lipinski definition) is 6. The minimum atomic E-state index is 0.214. The fraction of sp³-hybridized carbons (Fsp3) is 0.409. The second-order valence-electron chi connectivity index (χ2n) is 7.83. The first-order valence-corrected chi connectivity index (χ1v) is 10.8. The highest BCUT2D eigenvalue weighted by atomic mass is 32.1. The van der Waals surface area contributed by atoms with Gasteiger partial charge in [-0.1, -0.05) is 12.1 Å². The highest BCUT2D eigenvalue weighted by Gasteiger charge is 2.26. The van der Waals surface area contributed by atoms with Gasteiger partial charge in [-0.25, -0.2) is 4.98 Å². The number of phenolic OH excluding ortho intramolecular Hbond substituents is 1. The van der Waals surface area contributed by atoms with Crippen LogP contribution in [0.5, 0.6) is 11.5 Å². The summed E-state index contributed by atoms with van der Waals surface area (Å²) < 4.78 is 7.09. The first-order chi connectivity index (χ1) is 13.7.